The minimum absolute atomic E-state index is 0.121. The zero-order valence-electron chi connectivity index (χ0n) is 12.2. The number of rotatable bonds is 3. The standard InChI is InChI=1S/C15H19N3O2/c1-5-18(13-9-12(19)7-6-10(13)2)15(20)14-8-11(3)16-17(14)4/h6-9,19H,5H2,1-4H3. The van der Waals surface area contributed by atoms with Crippen molar-refractivity contribution in [1.29, 1.82) is 0 Å². The number of aryl methyl sites for hydroxylation is 3. The molecule has 0 atom stereocenters. The zero-order valence-corrected chi connectivity index (χ0v) is 12.2. The molecule has 20 heavy (non-hydrogen) atoms. The van der Waals surface area contributed by atoms with Crippen LogP contribution in [0.1, 0.15) is 28.7 Å². The number of hydrogen-bond acceptors (Lipinski definition) is 3. The maximum absolute atomic E-state index is 12.7. The molecule has 1 aromatic carbocycles. The van der Waals surface area contributed by atoms with Crippen LogP contribution in [0.4, 0.5) is 5.69 Å². The Morgan fingerprint density at radius 2 is 2.05 bits per heavy atom. The fourth-order valence-corrected chi connectivity index (χ4v) is 2.26. The van der Waals surface area contributed by atoms with Crippen molar-refractivity contribution in [2.24, 2.45) is 7.05 Å². The molecular weight excluding hydrogens is 254 g/mol. The summed E-state index contributed by atoms with van der Waals surface area (Å²) in [7, 11) is 1.75. The first-order valence-electron chi connectivity index (χ1n) is 6.56. The Balaban J connectivity index is 2.44. The van der Waals surface area contributed by atoms with Crippen molar-refractivity contribution in [3.63, 3.8) is 0 Å². The van der Waals surface area contributed by atoms with E-state index in [1.165, 1.54) is 0 Å². The molecule has 1 heterocycles. The molecule has 0 radical (unpaired) electrons. The van der Waals surface area contributed by atoms with E-state index in [9.17, 15) is 9.90 Å². The van der Waals surface area contributed by atoms with Crippen LogP contribution in [0, 0.1) is 13.8 Å². The van der Waals surface area contributed by atoms with E-state index in [4.69, 9.17) is 0 Å². The molecule has 1 N–H and O–H groups in total. The second-order valence-corrected chi connectivity index (χ2v) is 4.81. The van der Waals surface area contributed by atoms with Crippen LogP contribution in [0.15, 0.2) is 24.3 Å². The van der Waals surface area contributed by atoms with E-state index in [-0.39, 0.29) is 11.7 Å². The predicted octanol–water partition coefficient (Wildman–Crippen LogP) is 2.41. The van der Waals surface area contributed by atoms with Crippen LogP contribution < -0.4 is 4.90 Å². The van der Waals surface area contributed by atoms with Crippen LogP contribution in [0.5, 0.6) is 5.75 Å². The highest BCUT2D eigenvalue weighted by Gasteiger charge is 2.21. The van der Waals surface area contributed by atoms with Crippen LogP contribution >= 0.6 is 0 Å². The molecule has 5 nitrogen and oxygen atoms in total. The molecule has 0 aliphatic rings. The Kier molecular flexibility index (Phi) is 3.79. The van der Waals surface area contributed by atoms with E-state index in [0.717, 1.165) is 16.9 Å². The van der Waals surface area contributed by atoms with Gasteiger partial charge in [-0.3, -0.25) is 9.48 Å². The van der Waals surface area contributed by atoms with Gasteiger partial charge < -0.3 is 10.0 Å². The first kappa shape index (κ1) is 14.1. The zero-order chi connectivity index (χ0) is 14.9. The van der Waals surface area contributed by atoms with Crippen molar-refractivity contribution in [2.45, 2.75) is 20.8 Å². The largest absolute Gasteiger partial charge is 0.508 e. The summed E-state index contributed by atoms with van der Waals surface area (Å²) in [5.41, 5.74) is 3.00. The Morgan fingerprint density at radius 3 is 2.60 bits per heavy atom. The van der Waals surface area contributed by atoms with Crippen molar-refractivity contribution in [3.05, 3.63) is 41.2 Å². The third-order valence-electron chi connectivity index (χ3n) is 3.27. The van der Waals surface area contributed by atoms with E-state index >= 15 is 0 Å². The van der Waals surface area contributed by atoms with E-state index in [0.29, 0.717) is 12.2 Å². The van der Waals surface area contributed by atoms with Gasteiger partial charge >= 0.3 is 0 Å². The number of aromatic nitrogens is 2. The van der Waals surface area contributed by atoms with Crippen molar-refractivity contribution < 1.29 is 9.90 Å². The lowest BCUT2D eigenvalue weighted by molar-refractivity contribution is 0.0979. The lowest BCUT2D eigenvalue weighted by Gasteiger charge is -2.23. The SMILES string of the molecule is CCN(C(=O)c1cc(C)nn1C)c1cc(O)ccc1C. The van der Waals surface area contributed by atoms with E-state index < -0.39 is 0 Å². The molecule has 0 aliphatic heterocycles. The van der Waals surface area contributed by atoms with Gasteiger partial charge in [0.1, 0.15) is 11.4 Å². The Bertz CT molecular complexity index is 647. The third kappa shape index (κ3) is 2.52. The van der Waals surface area contributed by atoms with Gasteiger partial charge in [-0.1, -0.05) is 6.07 Å². The van der Waals surface area contributed by atoms with Crippen LogP contribution in [0.3, 0.4) is 0 Å². The average molecular weight is 273 g/mol. The molecule has 0 spiro atoms. The summed E-state index contributed by atoms with van der Waals surface area (Å²) in [5, 5.41) is 13.8. The van der Waals surface area contributed by atoms with Gasteiger partial charge in [-0.05, 0) is 38.5 Å². The van der Waals surface area contributed by atoms with Crippen LogP contribution in [-0.2, 0) is 7.05 Å². The molecule has 1 amide bonds. The lowest BCUT2D eigenvalue weighted by atomic mass is 10.1. The number of nitrogens with zero attached hydrogens (tertiary/aromatic N) is 3. The van der Waals surface area contributed by atoms with E-state index in [1.54, 1.807) is 40.9 Å². The number of anilines is 1. The number of carbonyl (C=O) groups is 1. The molecule has 2 aromatic rings. The van der Waals surface area contributed by atoms with Gasteiger partial charge in [-0.15, -0.1) is 0 Å². The highest BCUT2D eigenvalue weighted by atomic mass is 16.3. The van der Waals surface area contributed by atoms with Crippen molar-refractivity contribution in [2.75, 3.05) is 11.4 Å². The second-order valence-electron chi connectivity index (χ2n) is 4.81. The summed E-state index contributed by atoms with van der Waals surface area (Å²) < 4.78 is 1.58. The number of hydrogen-bond donors (Lipinski definition) is 1. The van der Waals surface area contributed by atoms with Gasteiger partial charge in [-0.2, -0.15) is 5.10 Å². The molecule has 1 aromatic heterocycles. The molecule has 0 aliphatic carbocycles. The van der Waals surface area contributed by atoms with Gasteiger partial charge in [0.05, 0.1) is 11.4 Å². The predicted molar refractivity (Wildman–Crippen MR) is 78.1 cm³/mol. The van der Waals surface area contributed by atoms with E-state index in [1.807, 2.05) is 20.8 Å². The van der Waals surface area contributed by atoms with Gasteiger partial charge in [0.2, 0.25) is 0 Å². The van der Waals surface area contributed by atoms with Gasteiger partial charge in [-0.25, -0.2) is 0 Å². The minimum Gasteiger partial charge on any atom is -0.508 e. The number of phenolic OH excluding ortho intramolecular Hbond substituents is 1. The quantitative estimate of drug-likeness (QED) is 0.934. The molecule has 2 rings (SSSR count). The molecule has 0 saturated carbocycles. The number of amides is 1. The fraction of sp³-hybridized carbons (Fsp3) is 0.333. The van der Waals surface area contributed by atoms with Crippen LogP contribution in [0.2, 0.25) is 0 Å². The molecule has 0 bridgehead atoms. The summed E-state index contributed by atoms with van der Waals surface area (Å²) in [4.78, 5) is 14.3. The Hall–Kier alpha value is -2.30. The summed E-state index contributed by atoms with van der Waals surface area (Å²) >= 11 is 0. The summed E-state index contributed by atoms with van der Waals surface area (Å²) in [6.45, 7) is 6.20. The molecular formula is C15H19N3O2. The van der Waals surface area contributed by atoms with Crippen molar-refractivity contribution >= 4 is 11.6 Å². The highest BCUT2D eigenvalue weighted by molar-refractivity contribution is 6.05. The normalized spacial score (nSPS) is 10.6. The smallest absolute Gasteiger partial charge is 0.276 e. The first-order valence-corrected chi connectivity index (χ1v) is 6.56. The first-order chi connectivity index (χ1) is 9.43. The second kappa shape index (κ2) is 5.36. The third-order valence-corrected chi connectivity index (χ3v) is 3.27. The van der Waals surface area contributed by atoms with Gasteiger partial charge in [0.25, 0.3) is 5.91 Å². The topological polar surface area (TPSA) is 58.4 Å². The number of carbonyl (C=O) groups excluding carboxylic acids is 1. The van der Waals surface area contributed by atoms with Crippen molar-refractivity contribution in [1.82, 2.24) is 9.78 Å². The molecule has 106 valence electrons. The van der Waals surface area contributed by atoms with Gasteiger partial charge in [0, 0.05) is 19.7 Å². The monoisotopic (exact) mass is 273 g/mol. The summed E-state index contributed by atoms with van der Waals surface area (Å²) in [6.07, 6.45) is 0. The van der Waals surface area contributed by atoms with Gasteiger partial charge in [0.15, 0.2) is 0 Å². The van der Waals surface area contributed by atoms with Crippen LogP contribution in [-0.4, -0.2) is 27.3 Å². The molecule has 0 fully saturated rings. The maximum Gasteiger partial charge on any atom is 0.276 e. The molecule has 5 heteroatoms. The fourth-order valence-electron chi connectivity index (χ4n) is 2.26. The molecule has 0 unspecified atom stereocenters. The number of phenols is 1. The molecule has 0 saturated heterocycles. The Morgan fingerprint density at radius 1 is 1.35 bits per heavy atom. The number of benzene rings is 1. The van der Waals surface area contributed by atoms with E-state index in [2.05, 4.69) is 5.10 Å². The Labute approximate surface area is 118 Å². The average Bonchev–Trinajstić information content (AvgIpc) is 2.73. The highest BCUT2D eigenvalue weighted by Crippen LogP contribution is 2.26. The maximum atomic E-state index is 12.7. The number of aromatic hydroxyl groups is 1. The van der Waals surface area contributed by atoms with Crippen molar-refractivity contribution in [3.8, 4) is 5.75 Å². The minimum atomic E-state index is -0.121. The lowest BCUT2D eigenvalue weighted by Crippen LogP contribution is -2.32. The summed E-state index contributed by atoms with van der Waals surface area (Å²) in [6, 6.07) is 6.80. The van der Waals surface area contributed by atoms with Crippen LogP contribution in [0.25, 0.3) is 0 Å². The summed E-state index contributed by atoms with van der Waals surface area (Å²) in [5.74, 6) is 0.0299.